The highest BCUT2D eigenvalue weighted by Gasteiger charge is 2.13. The van der Waals surface area contributed by atoms with E-state index in [9.17, 15) is 0 Å². The second kappa shape index (κ2) is 7.09. The Morgan fingerprint density at radius 3 is 2.21 bits per heavy atom. The second-order valence-electron chi connectivity index (χ2n) is 8.37. The largest absolute Gasteiger partial charge is 0.456 e. The standard InChI is InChI=1S/C30H18BrNO/c31-21-13-14-28-25(18-21)23-8-1-3-10-27(23)32(28)22-7-5-6-19(16-22)20-12-15-30-26(17-20)24-9-2-4-11-29(24)33-30/h1-18H. The number of furan rings is 1. The third kappa shape index (κ3) is 2.86. The molecule has 0 N–H and O–H groups in total. The molecule has 7 aromatic rings. The molecule has 0 bridgehead atoms. The zero-order valence-corrected chi connectivity index (χ0v) is 19.2. The van der Waals surface area contributed by atoms with Crippen LogP contribution in [0.3, 0.4) is 0 Å². The van der Waals surface area contributed by atoms with E-state index >= 15 is 0 Å². The fourth-order valence-electron chi connectivity index (χ4n) is 4.95. The van der Waals surface area contributed by atoms with Gasteiger partial charge in [0.1, 0.15) is 11.2 Å². The number of hydrogen-bond donors (Lipinski definition) is 0. The molecule has 7 rings (SSSR count). The quantitative estimate of drug-likeness (QED) is 0.237. The number of para-hydroxylation sites is 2. The lowest BCUT2D eigenvalue weighted by atomic mass is 10.0. The molecule has 33 heavy (non-hydrogen) atoms. The number of benzene rings is 5. The van der Waals surface area contributed by atoms with Gasteiger partial charge in [0.15, 0.2) is 0 Å². The average molecular weight is 488 g/mol. The monoisotopic (exact) mass is 487 g/mol. The molecule has 156 valence electrons. The first-order valence-electron chi connectivity index (χ1n) is 11.0. The Morgan fingerprint density at radius 1 is 0.515 bits per heavy atom. The van der Waals surface area contributed by atoms with Gasteiger partial charge in [-0.05, 0) is 65.7 Å². The molecule has 0 fully saturated rings. The number of rotatable bonds is 2. The van der Waals surface area contributed by atoms with E-state index in [1.54, 1.807) is 0 Å². The van der Waals surface area contributed by atoms with Crippen molar-refractivity contribution in [1.82, 2.24) is 4.57 Å². The molecule has 0 spiro atoms. The highest BCUT2D eigenvalue weighted by atomic mass is 79.9. The van der Waals surface area contributed by atoms with Crippen molar-refractivity contribution in [3.05, 3.63) is 114 Å². The van der Waals surface area contributed by atoms with Gasteiger partial charge in [-0.3, -0.25) is 0 Å². The highest BCUT2D eigenvalue weighted by Crippen LogP contribution is 2.36. The predicted octanol–water partition coefficient (Wildman–Crippen LogP) is 9.11. The first kappa shape index (κ1) is 18.7. The summed E-state index contributed by atoms with van der Waals surface area (Å²) >= 11 is 3.64. The van der Waals surface area contributed by atoms with Crippen molar-refractivity contribution in [2.75, 3.05) is 0 Å². The van der Waals surface area contributed by atoms with Gasteiger partial charge in [0, 0.05) is 31.7 Å². The molecule has 0 aliphatic rings. The molecule has 0 saturated heterocycles. The van der Waals surface area contributed by atoms with Crippen LogP contribution in [0.5, 0.6) is 0 Å². The van der Waals surface area contributed by atoms with Crippen molar-refractivity contribution in [1.29, 1.82) is 0 Å². The minimum Gasteiger partial charge on any atom is -0.456 e. The van der Waals surface area contributed by atoms with Gasteiger partial charge in [0.2, 0.25) is 0 Å². The van der Waals surface area contributed by atoms with Gasteiger partial charge in [-0.1, -0.05) is 70.5 Å². The van der Waals surface area contributed by atoms with Crippen LogP contribution in [0.1, 0.15) is 0 Å². The summed E-state index contributed by atoms with van der Waals surface area (Å²) in [4.78, 5) is 0. The summed E-state index contributed by atoms with van der Waals surface area (Å²) < 4.78 is 9.47. The Balaban J connectivity index is 1.45. The third-order valence-electron chi connectivity index (χ3n) is 6.45. The van der Waals surface area contributed by atoms with Crippen molar-refractivity contribution in [2.45, 2.75) is 0 Å². The van der Waals surface area contributed by atoms with Gasteiger partial charge >= 0.3 is 0 Å². The summed E-state index contributed by atoms with van der Waals surface area (Å²) in [7, 11) is 0. The number of aromatic nitrogens is 1. The van der Waals surface area contributed by atoms with Crippen molar-refractivity contribution >= 4 is 59.7 Å². The lowest BCUT2D eigenvalue weighted by Crippen LogP contribution is -1.94. The molecule has 0 radical (unpaired) electrons. The Labute approximate surface area is 198 Å². The number of nitrogens with zero attached hydrogens (tertiary/aromatic N) is 1. The molecular weight excluding hydrogens is 470 g/mol. The molecular formula is C30H18BrNO. The Kier molecular flexibility index (Phi) is 4.02. The van der Waals surface area contributed by atoms with Crippen LogP contribution in [0.4, 0.5) is 0 Å². The summed E-state index contributed by atoms with van der Waals surface area (Å²) in [6, 6.07) is 38.6. The molecule has 5 aromatic carbocycles. The number of fused-ring (bicyclic) bond motifs is 6. The number of halogens is 1. The molecule has 2 nitrogen and oxygen atoms in total. The smallest absolute Gasteiger partial charge is 0.135 e. The first-order valence-corrected chi connectivity index (χ1v) is 11.8. The highest BCUT2D eigenvalue weighted by molar-refractivity contribution is 9.10. The fourth-order valence-corrected chi connectivity index (χ4v) is 5.31. The zero-order valence-electron chi connectivity index (χ0n) is 17.6. The summed E-state index contributed by atoms with van der Waals surface area (Å²) in [5, 5.41) is 4.80. The van der Waals surface area contributed by atoms with Crippen LogP contribution in [0.15, 0.2) is 118 Å². The van der Waals surface area contributed by atoms with Crippen LogP contribution in [0.25, 0.3) is 60.6 Å². The van der Waals surface area contributed by atoms with Crippen molar-refractivity contribution in [3.8, 4) is 16.8 Å². The van der Waals surface area contributed by atoms with E-state index < -0.39 is 0 Å². The van der Waals surface area contributed by atoms with Crippen molar-refractivity contribution in [2.24, 2.45) is 0 Å². The summed E-state index contributed by atoms with van der Waals surface area (Å²) in [6.07, 6.45) is 0. The van der Waals surface area contributed by atoms with Gasteiger partial charge < -0.3 is 8.98 Å². The van der Waals surface area contributed by atoms with Crippen LogP contribution < -0.4 is 0 Å². The van der Waals surface area contributed by atoms with E-state index in [1.807, 2.05) is 12.1 Å². The fraction of sp³-hybridized carbons (Fsp3) is 0. The Hall–Kier alpha value is -3.82. The van der Waals surface area contributed by atoms with E-state index in [4.69, 9.17) is 4.42 Å². The summed E-state index contributed by atoms with van der Waals surface area (Å²) in [6.45, 7) is 0. The molecule has 0 amide bonds. The zero-order chi connectivity index (χ0) is 21.9. The maximum atomic E-state index is 6.02. The Morgan fingerprint density at radius 2 is 1.27 bits per heavy atom. The number of hydrogen-bond acceptors (Lipinski definition) is 1. The molecule has 3 heteroatoms. The van der Waals surface area contributed by atoms with Crippen molar-refractivity contribution in [3.63, 3.8) is 0 Å². The van der Waals surface area contributed by atoms with Gasteiger partial charge in [-0.2, -0.15) is 0 Å². The van der Waals surface area contributed by atoms with Gasteiger partial charge in [0.25, 0.3) is 0 Å². The van der Waals surface area contributed by atoms with Crippen LogP contribution in [0, 0.1) is 0 Å². The van der Waals surface area contributed by atoms with E-state index in [1.165, 1.54) is 32.9 Å². The molecule has 0 saturated carbocycles. The van der Waals surface area contributed by atoms with Gasteiger partial charge in [0.05, 0.1) is 11.0 Å². The van der Waals surface area contributed by atoms with E-state index in [0.717, 1.165) is 32.1 Å². The minimum absolute atomic E-state index is 0.920. The van der Waals surface area contributed by atoms with Crippen LogP contribution in [-0.2, 0) is 0 Å². The molecule has 0 aliphatic heterocycles. The maximum absolute atomic E-state index is 6.02. The van der Waals surface area contributed by atoms with Gasteiger partial charge in [-0.15, -0.1) is 0 Å². The first-order chi connectivity index (χ1) is 16.3. The van der Waals surface area contributed by atoms with Crippen LogP contribution >= 0.6 is 15.9 Å². The molecule has 0 unspecified atom stereocenters. The van der Waals surface area contributed by atoms with Crippen molar-refractivity contribution < 1.29 is 4.42 Å². The molecule has 2 heterocycles. The van der Waals surface area contributed by atoms with E-state index in [2.05, 4.69) is 118 Å². The van der Waals surface area contributed by atoms with Crippen LogP contribution in [-0.4, -0.2) is 4.57 Å². The van der Waals surface area contributed by atoms with Crippen LogP contribution in [0.2, 0.25) is 0 Å². The normalized spacial score (nSPS) is 11.8. The third-order valence-corrected chi connectivity index (χ3v) is 6.94. The molecule has 0 atom stereocenters. The molecule has 2 aromatic heterocycles. The van der Waals surface area contributed by atoms with E-state index in [0.29, 0.717) is 0 Å². The SMILES string of the molecule is Brc1ccc2c(c1)c1ccccc1n2-c1cccc(-c2ccc3oc4ccccc4c3c2)c1. The van der Waals surface area contributed by atoms with Gasteiger partial charge in [-0.25, -0.2) is 0 Å². The minimum atomic E-state index is 0.920. The second-order valence-corrected chi connectivity index (χ2v) is 9.29. The maximum Gasteiger partial charge on any atom is 0.135 e. The lowest BCUT2D eigenvalue weighted by molar-refractivity contribution is 0.669. The molecule has 0 aliphatic carbocycles. The lowest BCUT2D eigenvalue weighted by Gasteiger charge is -2.10. The summed E-state index contributed by atoms with van der Waals surface area (Å²) in [5.74, 6) is 0. The summed E-state index contributed by atoms with van der Waals surface area (Å²) in [5.41, 5.74) is 7.77. The van der Waals surface area contributed by atoms with E-state index in [-0.39, 0.29) is 0 Å². The Bertz CT molecular complexity index is 1840. The topological polar surface area (TPSA) is 18.1 Å². The predicted molar refractivity (Wildman–Crippen MR) is 141 cm³/mol. The average Bonchev–Trinajstić information content (AvgIpc) is 3.39.